The van der Waals surface area contributed by atoms with Crippen molar-refractivity contribution in [3.05, 3.63) is 63.7 Å². The molecule has 0 radical (unpaired) electrons. The van der Waals surface area contributed by atoms with Crippen molar-refractivity contribution in [2.24, 2.45) is 0 Å². The van der Waals surface area contributed by atoms with Crippen molar-refractivity contribution < 1.29 is 14.3 Å². The van der Waals surface area contributed by atoms with Crippen LogP contribution in [-0.4, -0.2) is 43.5 Å². The predicted octanol–water partition coefficient (Wildman–Crippen LogP) is 2.95. The molecule has 0 aromatic heterocycles. The van der Waals surface area contributed by atoms with Crippen molar-refractivity contribution in [1.82, 2.24) is 10.2 Å². The first-order valence-corrected chi connectivity index (χ1v) is 9.10. The first kappa shape index (κ1) is 19.2. The Morgan fingerprint density at radius 1 is 1.08 bits per heavy atom. The Bertz CT molecular complexity index is 707. The Hall–Kier alpha value is -2.09. The first-order valence-electron chi connectivity index (χ1n) is 8.02. The quantitative estimate of drug-likeness (QED) is 0.495. The molecule has 25 heavy (non-hydrogen) atoms. The van der Waals surface area contributed by atoms with E-state index in [-0.39, 0.29) is 18.4 Å². The molecule has 6 heteroatoms. The average molecular weight is 452 g/mol. The van der Waals surface area contributed by atoms with Gasteiger partial charge in [-0.1, -0.05) is 30.3 Å². The lowest BCUT2D eigenvalue weighted by atomic mass is 10.2. The highest BCUT2D eigenvalue weighted by Crippen LogP contribution is 2.11. The lowest BCUT2D eigenvalue weighted by Gasteiger charge is -2.17. The van der Waals surface area contributed by atoms with E-state index in [9.17, 15) is 9.59 Å². The zero-order valence-electron chi connectivity index (χ0n) is 14.1. The summed E-state index contributed by atoms with van der Waals surface area (Å²) in [7, 11) is 1.73. The van der Waals surface area contributed by atoms with E-state index in [2.05, 4.69) is 27.9 Å². The van der Waals surface area contributed by atoms with Crippen LogP contribution in [0.5, 0.6) is 5.75 Å². The van der Waals surface area contributed by atoms with Crippen LogP contribution in [0.3, 0.4) is 0 Å². The number of para-hydroxylation sites is 1. The molecule has 2 aromatic rings. The van der Waals surface area contributed by atoms with Crippen LogP contribution in [0.2, 0.25) is 0 Å². The SMILES string of the molecule is CN(CCCOc1ccccc1)C(=O)CNC(=O)c1ccccc1I. The molecule has 0 heterocycles. The van der Waals surface area contributed by atoms with E-state index in [0.29, 0.717) is 18.7 Å². The van der Waals surface area contributed by atoms with Crippen molar-refractivity contribution in [3.63, 3.8) is 0 Å². The van der Waals surface area contributed by atoms with Crippen molar-refractivity contribution in [1.29, 1.82) is 0 Å². The van der Waals surface area contributed by atoms with Gasteiger partial charge in [-0.15, -0.1) is 0 Å². The van der Waals surface area contributed by atoms with E-state index in [4.69, 9.17) is 4.74 Å². The monoisotopic (exact) mass is 452 g/mol. The minimum atomic E-state index is -0.237. The Labute approximate surface area is 161 Å². The van der Waals surface area contributed by atoms with Crippen LogP contribution >= 0.6 is 22.6 Å². The van der Waals surface area contributed by atoms with Gasteiger partial charge in [0.25, 0.3) is 5.91 Å². The normalized spacial score (nSPS) is 10.2. The second kappa shape index (κ2) is 10.0. The number of likely N-dealkylation sites (N-methyl/N-ethyl adjacent to an activating group) is 1. The lowest BCUT2D eigenvalue weighted by Crippen LogP contribution is -2.39. The van der Waals surface area contributed by atoms with E-state index in [1.165, 1.54) is 0 Å². The predicted molar refractivity (Wildman–Crippen MR) is 106 cm³/mol. The van der Waals surface area contributed by atoms with Gasteiger partial charge in [-0.25, -0.2) is 0 Å². The molecule has 2 amide bonds. The summed E-state index contributed by atoms with van der Waals surface area (Å²) in [6.07, 6.45) is 0.724. The second-order valence-corrected chi connectivity index (χ2v) is 6.66. The van der Waals surface area contributed by atoms with Gasteiger partial charge in [-0.05, 0) is 53.3 Å². The fourth-order valence-electron chi connectivity index (χ4n) is 2.16. The molecule has 2 rings (SSSR count). The van der Waals surface area contributed by atoms with Gasteiger partial charge < -0.3 is 15.0 Å². The number of rotatable bonds is 8. The molecule has 0 bridgehead atoms. The molecule has 0 aliphatic heterocycles. The van der Waals surface area contributed by atoms with Gasteiger partial charge in [0, 0.05) is 17.2 Å². The number of carbonyl (C=O) groups excluding carboxylic acids is 2. The van der Waals surface area contributed by atoms with Gasteiger partial charge in [0.2, 0.25) is 5.91 Å². The number of benzene rings is 2. The topological polar surface area (TPSA) is 58.6 Å². The molecule has 0 spiro atoms. The number of nitrogens with zero attached hydrogens (tertiary/aromatic N) is 1. The van der Waals surface area contributed by atoms with E-state index < -0.39 is 0 Å². The van der Waals surface area contributed by atoms with Crippen LogP contribution in [0.1, 0.15) is 16.8 Å². The number of hydrogen-bond donors (Lipinski definition) is 1. The van der Waals surface area contributed by atoms with Crippen molar-refractivity contribution >= 4 is 34.4 Å². The highest BCUT2D eigenvalue weighted by atomic mass is 127. The zero-order valence-corrected chi connectivity index (χ0v) is 16.2. The number of carbonyl (C=O) groups is 2. The highest BCUT2D eigenvalue weighted by Gasteiger charge is 2.13. The molecule has 1 N–H and O–H groups in total. The molecule has 0 saturated heterocycles. The summed E-state index contributed by atoms with van der Waals surface area (Å²) in [6, 6.07) is 16.8. The molecule has 2 aromatic carbocycles. The number of amides is 2. The van der Waals surface area contributed by atoms with E-state index in [1.54, 1.807) is 24.1 Å². The van der Waals surface area contributed by atoms with Crippen molar-refractivity contribution in [2.75, 3.05) is 26.7 Å². The fraction of sp³-hybridized carbons (Fsp3) is 0.263. The minimum Gasteiger partial charge on any atom is -0.494 e. The smallest absolute Gasteiger partial charge is 0.252 e. The summed E-state index contributed by atoms with van der Waals surface area (Å²) >= 11 is 2.10. The van der Waals surface area contributed by atoms with Crippen molar-refractivity contribution in [3.8, 4) is 5.75 Å². The molecular weight excluding hydrogens is 431 g/mol. The molecule has 132 valence electrons. The number of hydrogen-bond acceptors (Lipinski definition) is 3. The first-order chi connectivity index (χ1) is 12.1. The summed E-state index contributed by atoms with van der Waals surface area (Å²) in [6.45, 7) is 1.10. The molecule has 0 atom stereocenters. The maximum atomic E-state index is 12.1. The Kier molecular flexibility index (Phi) is 7.72. The number of halogens is 1. The van der Waals surface area contributed by atoms with Gasteiger partial charge in [-0.2, -0.15) is 0 Å². The number of ether oxygens (including phenoxy) is 1. The highest BCUT2D eigenvalue weighted by molar-refractivity contribution is 14.1. The zero-order chi connectivity index (χ0) is 18.1. The Morgan fingerprint density at radius 2 is 1.76 bits per heavy atom. The third kappa shape index (κ3) is 6.38. The molecule has 0 aliphatic rings. The van der Waals surface area contributed by atoms with E-state index in [0.717, 1.165) is 15.7 Å². The van der Waals surface area contributed by atoms with Gasteiger partial charge in [0.15, 0.2) is 0 Å². The molecule has 0 fully saturated rings. The minimum absolute atomic E-state index is 0.0140. The molecule has 5 nitrogen and oxygen atoms in total. The Morgan fingerprint density at radius 3 is 2.48 bits per heavy atom. The average Bonchev–Trinajstić information content (AvgIpc) is 2.64. The van der Waals surface area contributed by atoms with Crippen LogP contribution in [0.15, 0.2) is 54.6 Å². The molecular formula is C19H21IN2O3. The fourth-order valence-corrected chi connectivity index (χ4v) is 2.80. The second-order valence-electron chi connectivity index (χ2n) is 5.49. The maximum Gasteiger partial charge on any atom is 0.252 e. The standard InChI is InChI=1S/C19H21IN2O3/c1-22(12-7-13-25-15-8-3-2-4-9-15)18(23)14-21-19(24)16-10-5-6-11-17(16)20/h2-6,8-11H,7,12-14H2,1H3,(H,21,24). The molecule has 0 saturated carbocycles. The summed E-state index contributed by atoms with van der Waals surface area (Å²) in [5, 5.41) is 2.67. The summed E-state index contributed by atoms with van der Waals surface area (Å²) in [5.41, 5.74) is 0.579. The molecule has 0 unspecified atom stereocenters. The largest absolute Gasteiger partial charge is 0.494 e. The third-order valence-corrected chi connectivity index (χ3v) is 4.53. The lowest BCUT2D eigenvalue weighted by molar-refractivity contribution is -0.128. The van der Waals surface area contributed by atoms with Gasteiger partial charge >= 0.3 is 0 Å². The summed E-state index contributed by atoms with van der Waals surface area (Å²) in [5.74, 6) is 0.458. The van der Waals surface area contributed by atoms with Crippen molar-refractivity contribution in [2.45, 2.75) is 6.42 Å². The van der Waals surface area contributed by atoms with Crippen LogP contribution < -0.4 is 10.1 Å². The van der Waals surface area contributed by atoms with E-state index >= 15 is 0 Å². The van der Waals surface area contributed by atoms with Crippen LogP contribution in [0, 0.1) is 3.57 Å². The van der Waals surface area contributed by atoms with Crippen LogP contribution in [0.25, 0.3) is 0 Å². The maximum absolute atomic E-state index is 12.1. The van der Waals surface area contributed by atoms with Gasteiger partial charge in [0.05, 0.1) is 18.7 Å². The Balaban J connectivity index is 1.68. The van der Waals surface area contributed by atoms with Gasteiger partial charge in [-0.3, -0.25) is 9.59 Å². The van der Waals surface area contributed by atoms with E-state index in [1.807, 2.05) is 42.5 Å². The number of nitrogens with one attached hydrogen (secondary N) is 1. The van der Waals surface area contributed by atoms with Crippen LogP contribution in [0.4, 0.5) is 0 Å². The summed E-state index contributed by atoms with van der Waals surface area (Å²) in [4.78, 5) is 25.8. The van der Waals surface area contributed by atoms with Gasteiger partial charge in [0.1, 0.15) is 5.75 Å². The summed E-state index contributed by atoms with van der Waals surface area (Å²) < 4.78 is 6.45. The molecule has 0 aliphatic carbocycles. The van der Waals surface area contributed by atoms with Crippen LogP contribution in [-0.2, 0) is 4.79 Å². The third-order valence-electron chi connectivity index (χ3n) is 3.59.